The first-order chi connectivity index (χ1) is 6.24. The molecule has 1 rings (SSSR count). The van der Waals surface area contributed by atoms with Gasteiger partial charge in [0.25, 0.3) is 0 Å². The Bertz CT molecular complexity index is 201. The van der Waals surface area contributed by atoms with E-state index >= 15 is 0 Å². The minimum atomic E-state index is -0.106. The number of amides is 2. The van der Waals surface area contributed by atoms with Crippen molar-refractivity contribution in [1.29, 1.82) is 0 Å². The fraction of sp³-hybridized carbons (Fsp3) is 0.800. The van der Waals surface area contributed by atoms with E-state index in [9.17, 15) is 9.59 Å². The van der Waals surface area contributed by atoms with Crippen LogP contribution in [0, 0.1) is 5.92 Å². The Kier molecular flexibility index (Phi) is 3.93. The summed E-state index contributed by atoms with van der Waals surface area (Å²) in [6.07, 6.45) is 5.95. The lowest BCUT2D eigenvalue weighted by atomic mass is 9.99. The van der Waals surface area contributed by atoms with Crippen molar-refractivity contribution in [3.8, 4) is 0 Å². The minimum absolute atomic E-state index is 0.0376. The smallest absolute Gasteiger partial charge is 0.230 e. The van der Waals surface area contributed by atoms with Gasteiger partial charge in [-0.05, 0) is 6.42 Å². The lowest BCUT2D eigenvalue weighted by Crippen LogP contribution is -2.21. The monoisotopic (exact) mass is 183 g/mol. The average molecular weight is 183 g/mol. The van der Waals surface area contributed by atoms with Crippen molar-refractivity contribution in [1.82, 2.24) is 5.32 Å². The van der Waals surface area contributed by atoms with Gasteiger partial charge in [-0.15, -0.1) is 0 Å². The molecule has 1 heterocycles. The first-order valence-electron chi connectivity index (χ1n) is 5.07. The molecule has 2 amide bonds. The quantitative estimate of drug-likeness (QED) is 0.520. The number of carbonyl (C=O) groups excluding carboxylic acids is 2. The normalized spacial score (nSPS) is 22.1. The van der Waals surface area contributed by atoms with E-state index in [4.69, 9.17) is 0 Å². The van der Waals surface area contributed by atoms with Crippen LogP contribution in [0.5, 0.6) is 0 Å². The molecule has 0 aromatic rings. The second kappa shape index (κ2) is 5.00. The molecule has 1 aliphatic rings. The third-order valence-electron chi connectivity index (χ3n) is 2.47. The van der Waals surface area contributed by atoms with E-state index in [2.05, 4.69) is 12.2 Å². The highest BCUT2D eigenvalue weighted by molar-refractivity contribution is 6.03. The molecule has 0 spiro atoms. The van der Waals surface area contributed by atoms with E-state index in [0.29, 0.717) is 6.42 Å². The number of unbranched alkanes of at least 4 members (excludes halogenated alkanes) is 3. The molecule has 0 saturated carbocycles. The summed E-state index contributed by atoms with van der Waals surface area (Å²) in [4.78, 5) is 21.9. The van der Waals surface area contributed by atoms with Crippen molar-refractivity contribution >= 4 is 11.8 Å². The van der Waals surface area contributed by atoms with E-state index in [1.54, 1.807) is 0 Å². The molecule has 3 nitrogen and oxygen atoms in total. The van der Waals surface area contributed by atoms with Gasteiger partial charge in [0.05, 0.1) is 0 Å². The number of nitrogens with one attached hydrogen (secondary N) is 1. The zero-order valence-electron chi connectivity index (χ0n) is 8.14. The molecule has 1 fully saturated rings. The van der Waals surface area contributed by atoms with Crippen LogP contribution in [0.2, 0.25) is 0 Å². The van der Waals surface area contributed by atoms with Crippen molar-refractivity contribution in [2.24, 2.45) is 5.92 Å². The van der Waals surface area contributed by atoms with Crippen LogP contribution in [0.15, 0.2) is 0 Å². The first kappa shape index (κ1) is 10.2. The van der Waals surface area contributed by atoms with Crippen LogP contribution in [-0.4, -0.2) is 11.8 Å². The predicted octanol–water partition coefficient (Wildman–Crippen LogP) is 1.62. The molecular weight excluding hydrogens is 166 g/mol. The summed E-state index contributed by atoms with van der Waals surface area (Å²) < 4.78 is 0. The Morgan fingerprint density at radius 1 is 1.31 bits per heavy atom. The summed E-state index contributed by atoms with van der Waals surface area (Å²) in [7, 11) is 0. The minimum Gasteiger partial charge on any atom is -0.296 e. The summed E-state index contributed by atoms with van der Waals surface area (Å²) >= 11 is 0. The van der Waals surface area contributed by atoms with Crippen molar-refractivity contribution < 1.29 is 9.59 Å². The van der Waals surface area contributed by atoms with Crippen molar-refractivity contribution in [3.63, 3.8) is 0 Å². The Morgan fingerprint density at radius 2 is 2.08 bits per heavy atom. The van der Waals surface area contributed by atoms with E-state index in [1.165, 1.54) is 19.3 Å². The Hall–Kier alpha value is -0.860. The fourth-order valence-electron chi connectivity index (χ4n) is 1.66. The SMILES string of the molecule is CCCCCCC1CC(=O)NC1=O. The standard InChI is InChI=1S/C10H17NO2/c1-2-3-4-5-6-8-7-9(12)11-10(8)13/h8H,2-7H2,1H3,(H,11,12,13). The molecule has 0 bridgehead atoms. The third-order valence-corrected chi connectivity index (χ3v) is 2.47. The Labute approximate surface area is 78.9 Å². The van der Waals surface area contributed by atoms with Crippen LogP contribution in [0.1, 0.15) is 45.4 Å². The maximum absolute atomic E-state index is 11.1. The van der Waals surface area contributed by atoms with E-state index in [0.717, 1.165) is 12.8 Å². The number of hydrogen-bond donors (Lipinski definition) is 1. The van der Waals surface area contributed by atoms with Crippen LogP contribution in [-0.2, 0) is 9.59 Å². The highest BCUT2D eigenvalue weighted by Gasteiger charge is 2.29. The first-order valence-corrected chi connectivity index (χ1v) is 5.07. The van der Waals surface area contributed by atoms with Crippen LogP contribution >= 0.6 is 0 Å². The average Bonchev–Trinajstić information content (AvgIpc) is 2.39. The second-order valence-corrected chi connectivity index (χ2v) is 3.66. The van der Waals surface area contributed by atoms with Crippen LogP contribution in [0.4, 0.5) is 0 Å². The summed E-state index contributed by atoms with van der Waals surface area (Å²) in [6, 6.07) is 0. The van der Waals surface area contributed by atoms with Gasteiger partial charge in [0, 0.05) is 12.3 Å². The van der Waals surface area contributed by atoms with E-state index < -0.39 is 0 Å². The molecule has 3 heteroatoms. The maximum atomic E-state index is 11.1. The Morgan fingerprint density at radius 3 is 2.62 bits per heavy atom. The summed E-state index contributed by atoms with van der Waals surface area (Å²) in [5.74, 6) is -0.212. The molecule has 1 unspecified atom stereocenters. The van der Waals surface area contributed by atoms with Crippen molar-refractivity contribution in [2.75, 3.05) is 0 Å². The van der Waals surface area contributed by atoms with Gasteiger partial charge >= 0.3 is 0 Å². The van der Waals surface area contributed by atoms with Crippen molar-refractivity contribution in [2.45, 2.75) is 45.4 Å². The van der Waals surface area contributed by atoms with Gasteiger partial charge in [0.15, 0.2) is 0 Å². The van der Waals surface area contributed by atoms with Gasteiger partial charge in [-0.25, -0.2) is 0 Å². The molecule has 0 aromatic carbocycles. The molecule has 1 N–H and O–H groups in total. The van der Waals surface area contributed by atoms with Crippen LogP contribution < -0.4 is 5.32 Å². The molecular formula is C10H17NO2. The molecule has 0 radical (unpaired) electrons. The van der Waals surface area contributed by atoms with Crippen molar-refractivity contribution in [3.05, 3.63) is 0 Å². The number of rotatable bonds is 5. The maximum Gasteiger partial charge on any atom is 0.230 e. The predicted molar refractivity (Wildman–Crippen MR) is 50.0 cm³/mol. The molecule has 74 valence electrons. The Balaban J connectivity index is 2.14. The molecule has 1 atom stereocenters. The van der Waals surface area contributed by atoms with Gasteiger partial charge in [0.1, 0.15) is 0 Å². The largest absolute Gasteiger partial charge is 0.296 e. The molecule has 1 saturated heterocycles. The topological polar surface area (TPSA) is 46.2 Å². The molecule has 1 aliphatic heterocycles. The van der Waals surface area contributed by atoms with Gasteiger partial charge in [-0.3, -0.25) is 14.9 Å². The highest BCUT2D eigenvalue weighted by Crippen LogP contribution is 2.18. The zero-order chi connectivity index (χ0) is 9.68. The molecule has 13 heavy (non-hydrogen) atoms. The summed E-state index contributed by atoms with van der Waals surface area (Å²) in [6.45, 7) is 2.16. The highest BCUT2D eigenvalue weighted by atomic mass is 16.2. The molecule has 0 aromatic heterocycles. The number of carbonyl (C=O) groups is 2. The second-order valence-electron chi connectivity index (χ2n) is 3.66. The zero-order valence-corrected chi connectivity index (χ0v) is 8.14. The van der Waals surface area contributed by atoms with Gasteiger partial charge in [-0.1, -0.05) is 32.6 Å². The lowest BCUT2D eigenvalue weighted by molar-refractivity contribution is -0.125. The lowest BCUT2D eigenvalue weighted by Gasteiger charge is -2.03. The van der Waals surface area contributed by atoms with Crippen LogP contribution in [0.25, 0.3) is 0 Å². The summed E-state index contributed by atoms with van der Waals surface area (Å²) in [5, 5.41) is 2.33. The molecule has 0 aliphatic carbocycles. The van der Waals surface area contributed by atoms with Gasteiger partial charge in [-0.2, -0.15) is 0 Å². The van der Waals surface area contributed by atoms with Crippen LogP contribution in [0.3, 0.4) is 0 Å². The van der Waals surface area contributed by atoms with E-state index in [-0.39, 0.29) is 17.7 Å². The van der Waals surface area contributed by atoms with E-state index in [1.807, 2.05) is 0 Å². The fourth-order valence-corrected chi connectivity index (χ4v) is 1.66. The third kappa shape index (κ3) is 3.17. The summed E-state index contributed by atoms with van der Waals surface area (Å²) in [5.41, 5.74) is 0. The number of hydrogen-bond acceptors (Lipinski definition) is 2. The van der Waals surface area contributed by atoms with Gasteiger partial charge < -0.3 is 0 Å². The number of imide groups is 1. The van der Waals surface area contributed by atoms with Gasteiger partial charge in [0.2, 0.25) is 11.8 Å².